The van der Waals surface area contributed by atoms with Gasteiger partial charge in [0.1, 0.15) is 0 Å². The molecule has 1 aromatic carbocycles. The Morgan fingerprint density at radius 1 is 1.50 bits per heavy atom. The molecule has 3 heteroatoms. The largest absolute Gasteiger partial charge is 0.465 e. The van der Waals surface area contributed by atoms with E-state index in [1.165, 1.54) is 25.5 Å². The normalized spacial score (nSPS) is 20.4. The Morgan fingerprint density at radius 3 is 3.06 bits per heavy atom. The molecule has 1 aromatic rings. The van der Waals surface area contributed by atoms with Gasteiger partial charge in [-0.25, -0.2) is 4.79 Å². The molecule has 1 saturated heterocycles. The number of ether oxygens (including phenoxy) is 1. The Balaban J connectivity index is 2.17. The highest BCUT2D eigenvalue weighted by Crippen LogP contribution is 2.23. The fourth-order valence-corrected chi connectivity index (χ4v) is 2.17. The van der Waals surface area contributed by atoms with Crippen molar-refractivity contribution in [2.75, 3.05) is 20.2 Å². The first-order chi connectivity index (χ1) is 7.81. The second-order valence-corrected chi connectivity index (χ2v) is 4.16. The molecule has 2 rings (SSSR count). The van der Waals surface area contributed by atoms with Crippen molar-refractivity contribution in [1.29, 1.82) is 0 Å². The number of methoxy groups -OCH3 is 1. The maximum atomic E-state index is 11.4. The number of hydrogen-bond donors (Lipinski definition) is 1. The number of hydrogen-bond acceptors (Lipinski definition) is 3. The molecule has 1 aliphatic heterocycles. The molecule has 1 fully saturated rings. The SMILES string of the molecule is COC(=O)c1cccc([C@H]2CCCNC2)c1. The predicted octanol–water partition coefficient (Wildman–Crippen LogP) is 1.94. The van der Waals surface area contributed by atoms with E-state index in [1.807, 2.05) is 12.1 Å². The first-order valence-electron chi connectivity index (χ1n) is 5.70. The molecule has 0 aliphatic carbocycles. The average molecular weight is 219 g/mol. The summed E-state index contributed by atoms with van der Waals surface area (Å²) in [6.07, 6.45) is 2.39. The number of benzene rings is 1. The van der Waals surface area contributed by atoms with Crippen molar-refractivity contribution in [3.05, 3.63) is 35.4 Å². The maximum absolute atomic E-state index is 11.4. The zero-order chi connectivity index (χ0) is 11.4. The monoisotopic (exact) mass is 219 g/mol. The van der Waals surface area contributed by atoms with E-state index in [-0.39, 0.29) is 5.97 Å². The van der Waals surface area contributed by atoms with Gasteiger partial charge in [0.15, 0.2) is 0 Å². The summed E-state index contributed by atoms with van der Waals surface area (Å²) in [6.45, 7) is 2.11. The molecule has 0 unspecified atom stereocenters. The van der Waals surface area contributed by atoms with Gasteiger partial charge in [0.05, 0.1) is 12.7 Å². The van der Waals surface area contributed by atoms with Crippen molar-refractivity contribution in [2.45, 2.75) is 18.8 Å². The molecule has 3 nitrogen and oxygen atoms in total. The van der Waals surface area contributed by atoms with Gasteiger partial charge in [0.2, 0.25) is 0 Å². The predicted molar refractivity (Wildman–Crippen MR) is 62.6 cm³/mol. The number of carbonyl (C=O) groups is 1. The molecular weight excluding hydrogens is 202 g/mol. The Labute approximate surface area is 95.8 Å². The van der Waals surface area contributed by atoms with Crippen LogP contribution in [0.4, 0.5) is 0 Å². The molecule has 0 aromatic heterocycles. The van der Waals surface area contributed by atoms with Crippen LogP contribution in [0.2, 0.25) is 0 Å². The van der Waals surface area contributed by atoms with Crippen molar-refractivity contribution < 1.29 is 9.53 Å². The Bertz CT molecular complexity index is 370. The summed E-state index contributed by atoms with van der Waals surface area (Å²) in [7, 11) is 1.41. The molecule has 0 spiro atoms. The molecule has 1 N–H and O–H groups in total. The van der Waals surface area contributed by atoms with Crippen molar-refractivity contribution >= 4 is 5.97 Å². The van der Waals surface area contributed by atoms with Crippen molar-refractivity contribution in [2.24, 2.45) is 0 Å². The standard InChI is InChI=1S/C13H17NO2/c1-16-13(15)11-5-2-4-10(8-11)12-6-3-7-14-9-12/h2,4-5,8,12,14H,3,6-7,9H2,1H3/t12-/m0/s1. The van der Waals surface area contributed by atoms with Crippen molar-refractivity contribution in [1.82, 2.24) is 5.32 Å². The Hall–Kier alpha value is -1.35. The molecule has 0 amide bonds. The third kappa shape index (κ3) is 2.42. The van der Waals surface area contributed by atoms with E-state index in [4.69, 9.17) is 4.74 Å². The molecule has 86 valence electrons. The topological polar surface area (TPSA) is 38.3 Å². The minimum absolute atomic E-state index is 0.259. The Kier molecular flexibility index (Phi) is 3.57. The lowest BCUT2D eigenvalue weighted by Gasteiger charge is -2.23. The lowest BCUT2D eigenvalue weighted by molar-refractivity contribution is 0.0600. The van der Waals surface area contributed by atoms with Crippen LogP contribution in [0, 0.1) is 0 Å². The molecule has 1 heterocycles. The van der Waals surface area contributed by atoms with Gasteiger partial charge in [-0.05, 0) is 43.0 Å². The fraction of sp³-hybridized carbons (Fsp3) is 0.462. The third-order valence-electron chi connectivity index (χ3n) is 3.08. The molecule has 0 saturated carbocycles. The van der Waals surface area contributed by atoms with E-state index in [2.05, 4.69) is 11.4 Å². The first-order valence-corrected chi connectivity index (χ1v) is 5.70. The number of nitrogens with one attached hydrogen (secondary N) is 1. The second-order valence-electron chi connectivity index (χ2n) is 4.16. The lowest BCUT2D eigenvalue weighted by atomic mass is 9.91. The lowest BCUT2D eigenvalue weighted by Crippen LogP contribution is -2.28. The summed E-state index contributed by atoms with van der Waals surface area (Å²) in [5.41, 5.74) is 1.88. The van der Waals surface area contributed by atoms with Crippen LogP contribution in [0.25, 0.3) is 0 Å². The van der Waals surface area contributed by atoms with Gasteiger partial charge in [-0.3, -0.25) is 0 Å². The van der Waals surface area contributed by atoms with Gasteiger partial charge < -0.3 is 10.1 Å². The second kappa shape index (κ2) is 5.12. The molecular formula is C13H17NO2. The van der Waals surface area contributed by atoms with Crippen LogP contribution in [-0.4, -0.2) is 26.2 Å². The van der Waals surface area contributed by atoms with Gasteiger partial charge in [-0.1, -0.05) is 12.1 Å². The van der Waals surface area contributed by atoms with Crippen LogP contribution in [0.5, 0.6) is 0 Å². The highest BCUT2D eigenvalue weighted by Gasteiger charge is 2.16. The van der Waals surface area contributed by atoms with E-state index >= 15 is 0 Å². The van der Waals surface area contributed by atoms with E-state index in [0.29, 0.717) is 11.5 Å². The summed E-state index contributed by atoms with van der Waals surface area (Å²) >= 11 is 0. The highest BCUT2D eigenvalue weighted by molar-refractivity contribution is 5.89. The molecule has 0 radical (unpaired) electrons. The molecule has 1 atom stereocenters. The average Bonchev–Trinajstić information content (AvgIpc) is 2.39. The smallest absolute Gasteiger partial charge is 0.337 e. The third-order valence-corrected chi connectivity index (χ3v) is 3.08. The van der Waals surface area contributed by atoms with E-state index in [1.54, 1.807) is 6.07 Å². The van der Waals surface area contributed by atoms with Gasteiger partial charge in [0, 0.05) is 6.54 Å². The molecule has 0 bridgehead atoms. The summed E-state index contributed by atoms with van der Waals surface area (Å²) < 4.78 is 4.72. The van der Waals surface area contributed by atoms with Crippen molar-refractivity contribution in [3.8, 4) is 0 Å². The zero-order valence-corrected chi connectivity index (χ0v) is 9.53. The van der Waals surface area contributed by atoms with Crippen LogP contribution in [0.1, 0.15) is 34.7 Å². The minimum Gasteiger partial charge on any atom is -0.465 e. The van der Waals surface area contributed by atoms with Crippen LogP contribution in [-0.2, 0) is 4.74 Å². The minimum atomic E-state index is -0.259. The first kappa shape index (κ1) is 11.1. The molecule has 1 aliphatic rings. The van der Waals surface area contributed by atoms with Crippen LogP contribution in [0.15, 0.2) is 24.3 Å². The number of carbonyl (C=O) groups excluding carboxylic acids is 1. The quantitative estimate of drug-likeness (QED) is 0.772. The number of esters is 1. The highest BCUT2D eigenvalue weighted by atomic mass is 16.5. The van der Waals surface area contributed by atoms with Crippen LogP contribution in [0.3, 0.4) is 0 Å². The zero-order valence-electron chi connectivity index (χ0n) is 9.53. The summed E-state index contributed by atoms with van der Waals surface area (Å²) in [6, 6.07) is 7.76. The summed E-state index contributed by atoms with van der Waals surface area (Å²) in [4.78, 5) is 11.4. The number of piperidine rings is 1. The fourth-order valence-electron chi connectivity index (χ4n) is 2.17. The van der Waals surface area contributed by atoms with Gasteiger partial charge in [-0.15, -0.1) is 0 Å². The summed E-state index contributed by atoms with van der Waals surface area (Å²) in [5, 5.41) is 3.38. The van der Waals surface area contributed by atoms with E-state index in [0.717, 1.165) is 13.1 Å². The maximum Gasteiger partial charge on any atom is 0.337 e. The Morgan fingerprint density at radius 2 is 2.38 bits per heavy atom. The van der Waals surface area contributed by atoms with Gasteiger partial charge >= 0.3 is 5.97 Å². The summed E-state index contributed by atoms with van der Waals surface area (Å²) in [5.74, 6) is 0.268. The molecule has 16 heavy (non-hydrogen) atoms. The van der Waals surface area contributed by atoms with E-state index in [9.17, 15) is 4.79 Å². The van der Waals surface area contributed by atoms with Crippen LogP contribution >= 0.6 is 0 Å². The number of rotatable bonds is 2. The van der Waals surface area contributed by atoms with Crippen molar-refractivity contribution in [3.63, 3.8) is 0 Å². The van der Waals surface area contributed by atoms with Gasteiger partial charge in [0.25, 0.3) is 0 Å². The van der Waals surface area contributed by atoms with E-state index < -0.39 is 0 Å². The van der Waals surface area contributed by atoms with Crippen LogP contribution < -0.4 is 5.32 Å². The van der Waals surface area contributed by atoms with Gasteiger partial charge in [-0.2, -0.15) is 0 Å².